The highest BCUT2D eigenvalue weighted by Crippen LogP contribution is 2.18. The number of benzene rings is 2. The first-order chi connectivity index (χ1) is 14.9. The molecule has 1 saturated heterocycles. The number of rotatable bonds is 7. The third-order valence-corrected chi connectivity index (χ3v) is 6.48. The minimum Gasteiger partial charge on any atom is -0.494 e. The molecule has 1 aliphatic rings. The number of hydrazine groups is 1. The molecule has 2 N–H and O–H groups in total. The van der Waals surface area contributed by atoms with E-state index in [0.29, 0.717) is 31.1 Å². The number of sulfonamides is 1. The lowest BCUT2D eigenvalue weighted by Crippen LogP contribution is -2.42. The van der Waals surface area contributed by atoms with Gasteiger partial charge in [0.2, 0.25) is 10.0 Å². The standard InChI is InChI=1S/C21H25N3O6S/c1-2-12-30-18-8-6-16(7-9-18)20(25)22-23-21(26)17-4-3-5-19(15-17)31(27,28)24-10-13-29-14-11-24/h3-9,15H,2,10-14H2,1H3,(H,22,25)(H,23,26). The predicted molar refractivity (Wildman–Crippen MR) is 113 cm³/mol. The van der Waals surface area contributed by atoms with Crippen LogP contribution in [-0.4, -0.2) is 57.4 Å². The van der Waals surface area contributed by atoms with Gasteiger partial charge < -0.3 is 9.47 Å². The summed E-state index contributed by atoms with van der Waals surface area (Å²) in [7, 11) is -3.73. The smallest absolute Gasteiger partial charge is 0.269 e. The second-order valence-electron chi connectivity index (χ2n) is 6.83. The highest BCUT2D eigenvalue weighted by atomic mass is 32.2. The summed E-state index contributed by atoms with van der Waals surface area (Å²) in [4.78, 5) is 24.7. The van der Waals surface area contributed by atoms with Gasteiger partial charge in [0.25, 0.3) is 11.8 Å². The number of hydrogen-bond donors (Lipinski definition) is 2. The average molecular weight is 448 g/mol. The lowest BCUT2D eigenvalue weighted by atomic mass is 10.2. The highest BCUT2D eigenvalue weighted by molar-refractivity contribution is 7.89. The van der Waals surface area contributed by atoms with Crippen molar-refractivity contribution in [3.63, 3.8) is 0 Å². The molecule has 1 aliphatic heterocycles. The molecule has 9 nitrogen and oxygen atoms in total. The third-order valence-electron chi connectivity index (χ3n) is 4.58. The van der Waals surface area contributed by atoms with Crippen LogP contribution < -0.4 is 15.6 Å². The molecule has 166 valence electrons. The first kappa shape index (κ1) is 22.7. The zero-order valence-electron chi connectivity index (χ0n) is 17.2. The number of nitrogens with one attached hydrogen (secondary N) is 2. The first-order valence-corrected chi connectivity index (χ1v) is 11.4. The zero-order valence-corrected chi connectivity index (χ0v) is 18.0. The molecular weight excluding hydrogens is 422 g/mol. The van der Waals surface area contributed by atoms with Crippen LogP contribution in [0.1, 0.15) is 34.1 Å². The number of morpholine rings is 1. The van der Waals surface area contributed by atoms with Crippen LogP contribution in [0.25, 0.3) is 0 Å². The summed E-state index contributed by atoms with van der Waals surface area (Å²) in [6, 6.07) is 12.2. The summed E-state index contributed by atoms with van der Waals surface area (Å²) in [5.41, 5.74) is 5.08. The highest BCUT2D eigenvalue weighted by Gasteiger charge is 2.26. The number of carbonyl (C=O) groups excluding carboxylic acids is 2. The van der Waals surface area contributed by atoms with Crippen molar-refractivity contribution in [3.05, 3.63) is 59.7 Å². The van der Waals surface area contributed by atoms with E-state index in [2.05, 4.69) is 10.9 Å². The van der Waals surface area contributed by atoms with Crippen molar-refractivity contribution in [2.45, 2.75) is 18.2 Å². The Kier molecular flexibility index (Phi) is 7.61. The molecule has 2 aromatic rings. The molecule has 10 heteroatoms. The Hall–Kier alpha value is -2.95. The molecule has 1 fully saturated rings. The average Bonchev–Trinajstić information content (AvgIpc) is 2.82. The Morgan fingerprint density at radius 3 is 2.29 bits per heavy atom. The van der Waals surface area contributed by atoms with Crippen LogP contribution in [0.2, 0.25) is 0 Å². The van der Waals surface area contributed by atoms with Gasteiger partial charge in [-0.1, -0.05) is 13.0 Å². The van der Waals surface area contributed by atoms with Crippen molar-refractivity contribution in [2.24, 2.45) is 0 Å². The zero-order chi connectivity index (χ0) is 22.3. The number of nitrogens with zero attached hydrogens (tertiary/aromatic N) is 1. The monoisotopic (exact) mass is 447 g/mol. The fourth-order valence-electron chi connectivity index (χ4n) is 2.91. The van der Waals surface area contributed by atoms with Crippen LogP contribution in [-0.2, 0) is 14.8 Å². The molecule has 0 unspecified atom stereocenters. The molecule has 0 spiro atoms. The summed E-state index contributed by atoms with van der Waals surface area (Å²) >= 11 is 0. The quantitative estimate of drug-likeness (QED) is 0.623. The van der Waals surface area contributed by atoms with Crippen molar-refractivity contribution < 1.29 is 27.5 Å². The van der Waals surface area contributed by atoms with Gasteiger partial charge in [-0.15, -0.1) is 0 Å². The summed E-state index contributed by atoms with van der Waals surface area (Å²) < 4.78 is 37.5. The maximum atomic E-state index is 12.8. The lowest BCUT2D eigenvalue weighted by Gasteiger charge is -2.26. The minimum atomic E-state index is -3.73. The van der Waals surface area contributed by atoms with Gasteiger partial charge in [-0.25, -0.2) is 8.42 Å². The van der Waals surface area contributed by atoms with Crippen molar-refractivity contribution in [2.75, 3.05) is 32.9 Å². The first-order valence-electron chi connectivity index (χ1n) is 9.93. The molecule has 0 radical (unpaired) electrons. The van der Waals surface area contributed by atoms with Crippen molar-refractivity contribution in [1.82, 2.24) is 15.2 Å². The molecule has 0 aromatic heterocycles. The summed E-state index contributed by atoms with van der Waals surface area (Å²) in [5.74, 6) is -0.483. The molecule has 31 heavy (non-hydrogen) atoms. The number of carbonyl (C=O) groups is 2. The van der Waals surface area contributed by atoms with Gasteiger partial charge in [-0.05, 0) is 48.9 Å². The van der Waals surface area contributed by atoms with Crippen molar-refractivity contribution >= 4 is 21.8 Å². The van der Waals surface area contributed by atoms with E-state index in [-0.39, 0.29) is 23.5 Å². The predicted octanol–water partition coefficient (Wildman–Crippen LogP) is 1.57. The second kappa shape index (κ2) is 10.4. The van der Waals surface area contributed by atoms with Gasteiger partial charge in [0.05, 0.1) is 24.7 Å². The number of amides is 2. The van der Waals surface area contributed by atoms with Crippen LogP contribution in [0, 0.1) is 0 Å². The fourth-order valence-corrected chi connectivity index (χ4v) is 4.37. The van der Waals surface area contributed by atoms with E-state index in [4.69, 9.17) is 9.47 Å². The number of hydrogen-bond acceptors (Lipinski definition) is 6. The maximum Gasteiger partial charge on any atom is 0.269 e. The normalized spacial score (nSPS) is 14.6. The molecule has 2 aromatic carbocycles. The van der Waals surface area contributed by atoms with Crippen LogP contribution in [0.5, 0.6) is 5.75 Å². The van der Waals surface area contributed by atoms with E-state index in [1.54, 1.807) is 24.3 Å². The SMILES string of the molecule is CCCOc1ccc(C(=O)NNC(=O)c2cccc(S(=O)(=O)N3CCOCC3)c2)cc1. The maximum absolute atomic E-state index is 12.8. The molecular formula is C21H25N3O6S. The molecule has 3 rings (SSSR count). The third kappa shape index (κ3) is 5.81. The van der Waals surface area contributed by atoms with Gasteiger partial charge in [-0.2, -0.15) is 4.31 Å². The Morgan fingerprint density at radius 2 is 1.65 bits per heavy atom. The van der Waals surface area contributed by atoms with E-state index < -0.39 is 21.8 Å². The van der Waals surface area contributed by atoms with Gasteiger partial charge in [-0.3, -0.25) is 20.4 Å². The summed E-state index contributed by atoms with van der Waals surface area (Å²) in [6.07, 6.45) is 0.878. The molecule has 0 atom stereocenters. The van der Waals surface area contributed by atoms with E-state index in [1.807, 2.05) is 6.92 Å². The second-order valence-corrected chi connectivity index (χ2v) is 8.76. The van der Waals surface area contributed by atoms with E-state index in [9.17, 15) is 18.0 Å². The Bertz CT molecular complexity index is 1020. The van der Waals surface area contributed by atoms with Gasteiger partial charge in [0, 0.05) is 24.2 Å². The van der Waals surface area contributed by atoms with Gasteiger partial charge >= 0.3 is 0 Å². The van der Waals surface area contributed by atoms with Crippen molar-refractivity contribution in [1.29, 1.82) is 0 Å². The van der Waals surface area contributed by atoms with Crippen LogP contribution >= 0.6 is 0 Å². The number of ether oxygens (including phenoxy) is 2. The van der Waals surface area contributed by atoms with Gasteiger partial charge in [0.1, 0.15) is 5.75 Å². The van der Waals surface area contributed by atoms with E-state index in [0.717, 1.165) is 6.42 Å². The van der Waals surface area contributed by atoms with Crippen LogP contribution in [0.4, 0.5) is 0 Å². The van der Waals surface area contributed by atoms with Crippen LogP contribution in [0.15, 0.2) is 53.4 Å². The Morgan fingerprint density at radius 1 is 1.00 bits per heavy atom. The Balaban J connectivity index is 1.61. The molecule has 0 saturated carbocycles. The summed E-state index contributed by atoms with van der Waals surface area (Å²) in [5, 5.41) is 0. The molecule has 0 aliphatic carbocycles. The van der Waals surface area contributed by atoms with E-state index in [1.165, 1.54) is 28.6 Å². The Labute approximate surface area is 181 Å². The van der Waals surface area contributed by atoms with E-state index >= 15 is 0 Å². The van der Waals surface area contributed by atoms with Crippen molar-refractivity contribution in [3.8, 4) is 5.75 Å². The molecule has 0 bridgehead atoms. The summed E-state index contributed by atoms with van der Waals surface area (Å²) in [6.45, 7) is 3.77. The topological polar surface area (TPSA) is 114 Å². The lowest BCUT2D eigenvalue weighted by molar-refractivity contribution is 0.0730. The van der Waals surface area contributed by atoms with Gasteiger partial charge in [0.15, 0.2) is 0 Å². The largest absolute Gasteiger partial charge is 0.494 e. The molecule has 2 amide bonds. The minimum absolute atomic E-state index is 0.0102. The fraction of sp³-hybridized carbons (Fsp3) is 0.333. The molecule has 1 heterocycles. The van der Waals surface area contributed by atoms with Crippen LogP contribution in [0.3, 0.4) is 0 Å².